The molecular formula is C29H34ClF5N6O3. The maximum Gasteiger partial charge on any atom is 0.391 e. The average Bonchev–Trinajstić information content (AvgIpc) is 3.24. The first-order valence-corrected chi connectivity index (χ1v) is 14.4. The predicted molar refractivity (Wildman–Crippen MR) is 155 cm³/mol. The summed E-state index contributed by atoms with van der Waals surface area (Å²) in [7, 11) is 1.61. The third-order valence-electron chi connectivity index (χ3n) is 7.34. The number of nitrogens with zero attached hydrogens (tertiary/aromatic N) is 3. The van der Waals surface area contributed by atoms with E-state index in [4.69, 9.17) is 16.3 Å². The third-order valence-corrected chi connectivity index (χ3v) is 7.67. The maximum absolute atomic E-state index is 13.2. The van der Waals surface area contributed by atoms with Gasteiger partial charge < -0.3 is 20.7 Å². The number of nitrogens with one attached hydrogen (secondary N) is 3. The van der Waals surface area contributed by atoms with Crippen LogP contribution in [-0.4, -0.2) is 51.6 Å². The first-order valence-electron chi connectivity index (χ1n) is 14.0. The van der Waals surface area contributed by atoms with Gasteiger partial charge in [0.2, 0.25) is 17.7 Å². The molecule has 2 amide bonds. The lowest BCUT2D eigenvalue weighted by Gasteiger charge is -2.30. The van der Waals surface area contributed by atoms with Crippen LogP contribution in [0.5, 0.6) is 5.88 Å². The van der Waals surface area contributed by atoms with Crippen LogP contribution in [0.15, 0.2) is 24.3 Å². The summed E-state index contributed by atoms with van der Waals surface area (Å²) in [4.78, 5) is 34.3. The van der Waals surface area contributed by atoms with Crippen molar-refractivity contribution in [2.24, 2.45) is 18.4 Å². The average molecular weight is 645 g/mol. The highest BCUT2D eigenvalue weighted by atomic mass is 35.5. The third kappa shape index (κ3) is 8.07. The second kappa shape index (κ2) is 13.1. The van der Waals surface area contributed by atoms with Crippen molar-refractivity contribution in [1.82, 2.24) is 25.2 Å². The Morgan fingerprint density at radius 1 is 1.09 bits per heavy atom. The van der Waals surface area contributed by atoms with Crippen LogP contribution in [-0.2, 0) is 18.4 Å². The van der Waals surface area contributed by atoms with Gasteiger partial charge in [0.15, 0.2) is 12.3 Å². The van der Waals surface area contributed by atoms with Crippen molar-refractivity contribution < 1.29 is 36.3 Å². The number of hydrogen-bond acceptors (Lipinski definition) is 6. The number of imidazole rings is 1. The van der Waals surface area contributed by atoms with Gasteiger partial charge in [0.1, 0.15) is 11.1 Å². The van der Waals surface area contributed by atoms with Crippen LogP contribution >= 0.6 is 11.6 Å². The van der Waals surface area contributed by atoms with Crippen LogP contribution in [0.2, 0.25) is 5.02 Å². The van der Waals surface area contributed by atoms with Crippen molar-refractivity contribution >= 4 is 46.2 Å². The molecule has 240 valence electrons. The molecule has 4 rings (SSSR count). The lowest BCUT2D eigenvalue weighted by molar-refractivity contribution is -0.182. The van der Waals surface area contributed by atoms with Crippen molar-refractivity contribution in [3.8, 4) is 5.88 Å². The molecule has 3 aromatic rings. The summed E-state index contributed by atoms with van der Waals surface area (Å²) in [6, 6.07) is 5.97. The smallest absolute Gasteiger partial charge is 0.391 e. The van der Waals surface area contributed by atoms with Crippen molar-refractivity contribution in [3.05, 3.63) is 40.4 Å². The van der Waals surface area contributed by atoms with E-state index in [0.29, 0.717) is 10.7 Å². The van der Waals surface area contributed by atoms with Crippen molar-refractivity contribution in [2.45, 2.75) is 71.6 Å². The number of aromatic nitrogens is 3. The van der Waals surface area contributed by atoms with Crippen LogP contribution in [0.4, 0.5) is 33.6 Å². The number of carbonyl (C=O) groups is 2. The Balaban J connectivity index is 1.57. The van der Waals surface area contributed by atoms with Gasteiger partial charge in [-0.15, -0.1) is 0 Å². The van der Waals surface area contributed by atoms with Crippen molar-refractivity contribution in [2.75, 3.05) is 11.9 Å². The van der Waals surface area contributed by atoms with Gasteiger partial charge in [0, 0.05) is 25.0 Å². The highest BCUT2D eigenvalue weighted by Crippen LogP contribution is 2.38. The van der Waals surface area contributed by atoms with Crippen molar-refractivity contribution in [1.29, 1.82) is 0 Å². The quantitative estimate of drug-likeness (QED) is 0.229. The summed E-state index contributed by atoms with van der Waals surface area (Å²) in [5, 5.41) is 9.02. The number of aryl methyl sites for hydroxylation is 1. The van der Waals surface area contributed by atoms with Gasteiger partial charge in [-0.3, -0.25) is 14.2 Å². The van der Waals surface area contributed by atoms with E-state index in [9.17, 15) is 31.5 Å². The molecular weight excluding hydrogens is 611 g/mol. The molecule has 0 radical (unpaired) electrons. The Hall–Kier alpha value is -3.68. The van der Waals surface area contributed by atoms with E-state index >= 15 is 0 Å². The Kier molecular flexibility index (Phi) is 9.91. The van der Waals surface area contributed by atoms with Crippen LogP contribution < -0.4 is 20.7 Å². The first-order chi connectivity index (χ1) is 20.5. The van der Waals surface area contributed by atoms with E-state index in [0.717, 1.165) is 5.56 Å². The summed E-state index contributed by atoms with van der Waals surface area (Å²) in [5.74, 6) is -2.36. The number of carbonyl (C=O) groups excluding carboxylic acids is 2. The first kappa shape index (κ1) is 33.2. The zero-order chi connectivity index (χ0) is 32.4. The minimum absolute atomic E-state index is 0.121. The highest BCUT2D eigenvalue weighted by molar-refractivity contribution is 6.33. The maximum atomic E-state index is 13.2. The molecule has 0 bridgehead atoms. The SMILES string of the molecule is Cn1c(Nc2cc(CNC(=O)C(C)(C)C)ccc2Cl)nc2cc(C(=O)NC3CCC(C(F)(F)F)CC3)c(OCC(F)F)nc21. The number of hydrogen-bond donors (Lipinski definition) is 3. The molecule has 1 aromatic carbocycles. The molecule has 0 spiro atoms. The Morgan fingerprint density at radius 2 is 1.77 bits per heavy atom. The molecule has 1 saturated carbocycles. The van der Waals surface area contributed by atoms with Crippen LogP contribution in [0.25, 0.3) is 11.2 Å². The monoisotopic (exact) mass is 644 g/mol. The molecule has 3 N–H and O–H groups in total. The van der Waals surface area contributed by atoms with E-state index < -0.39 is 42.5 Å². The van der Waals surface area contributed by atoms with E-state index in [2.05, 4.69) is 25.9 Å². The molecule has 1 fully saturated rings. The zero-order valence-corrected chi connectivity index (χ0v) is 25.4. The molecule has 44 heavy (non-hydrogen) atoms. The highest BCUT2D eigenvalue weighted by Gasteiger charge is 2.41. The largest absolute Gasteiger partial charge is 0.471 e. The molecule has 2 heterocycles. The topological polar surface area (TPSA) is 110 Å². The number of halogens is 6. The van der Waals surface area contributed by atoms with E-state index in [-0.39, 0.29) is 66.7 Å². The van der Waals surface area contributed by atoms with Crippen LogP contribution in [0.3, 0.4) is 0 Å². The second-order valence-corrected chi connectivity index (χ2v) is 12.2. The number of amides is 2. The normalized spacial score (nSPS) is 17.5. The van der Waals surface area contributed by atoms with E-state index in [1.54, 1.807) is 46.0 Å². The van der Waals surface area contributed by atoms with E-state index in [1.807, 2.05) is 0 Å². The Morgan fingerprint density at radius 3 is 2.39 bits per heavy atom. The number of benzene rings is 1. The molecule has 0 unspecified atom stereocenters. The van der Waals surface area contributed by atoms with Crippen LogP contribution in [0.1, 0.15) is 62.4 Å². The minimum Gasteiger partial charge on any atom is -0.471 e. The molecule has 0 saturated heterocycles. The van der Waals surface area contributed by atoms with Gasteiger partial charge in [-0.1, -0.05) is 38.4 Å². The minimum atomic E-state index is -4.29. The lowest BCUT2D eigenvalue weighted by Crippen LogP contribution is -2.40. The summed E-state index contributed by atoms with van der Waals surface area (Å²) < 4.78 is 71.9. The summed E-state index contributed by atoms with van der Waals surface area (Å²) in [5.41, 5.74) is 0.939. The molecule has 2 aromatic heterocycles. The summed E-state index contributed by atoms with van der Waals surface area (Å²) in [6.07, 6.45) is -7.14. The fourth-order valence-corrected chi connectivity index (χ4v) is 4.96. The molecule has 15 heteroatoms. The fourth-order valence-electron chi connectivity index (χ4n) is 4.80. The number of alkyl halides is 5. The number of fused-ring (bicyclic) bond motifs is 1. The number of ether oxygens (including phenoxy) is 1. The summed E-state index contributed by atoms with van der Waals surface area (Å²) >= 11 is 6.41. The molecule has 0 atom stereocenters. The van der Waals surface area contributed by atoms with Gasteiger partial charge in [-0.05, 0) is 49.4 Å². The van der Waals surface area contributed by atoms with E-state index in [1.165, 1.54) is 10.6 Å². The molecule has 1 aliphatic rings. The van der Waals surface area contributed by atoms with Crippen LogP contribution in [0, 0.1) is 11.3 Å². The lowest BCUT2D eigenvalue weighted by atomic mass is 9.85. The summed E-state index contributed by atoms with van der Waals surface area (Å²) in [6.45, 7) is 4.65. The fraction of sp³-hybridized carbons (Fsp3) is 0.517. The van der Waals surface area contributed by atoms with Gasteiger partial charge in [0.25, 0.3) is 12.3 Å². The number of pyridine rings is 1. The number of rotatable bonds is 9. The molecule has 9 nitrogen and oxygen atoms in total. The Labute approximate surface area is 255 Å². The standard InChI is InChI=1S/C29H34ClF5N6O3/c1-28(2,3)26(43)36-13-15-5-10-19(30)20(11-15)38-27-39-21-12-18(25(44-14-22(31)32)40-23(21)41(27)4)24(42)37-17-8-6-16(7-9-17)29(33,34)35/h5,10-12,16-17,22H,6-9,13-14H2,1-4H3,(H,36,43)(H,37,42)(H,38,39). The van der Waals surface area contributed by atoms with Gasteiger partial charge >= 0.3 is 6.18 Å². The molecule has 1 aliphatic carbocycles. The van der Waals surface area contributed by atoms with Gasteiger partial charge in [-0.2, -0.15) is 18.2 Å². The Bertz CT molecular complexity index is 1510. The molecule has 0 aliphatic heterocycles. The van der Waals surface area contributed by atoms with Gasteiger partial charge in [0.05, 0.1) is 16.6 Å². The van der Waals surface area contributed by atoms with Gasteiger partial charge in [-0.25, -0.2) is 13.8 Å². The second-order valence-electron chi connectivity index (χ2n) is 11.8. The predicted octanol–water partition coefficient (Wildman–Crippen LogP) is 6.52. The number of anilines is 2. The zero-order valence-electron chi connectivity index (χ0n) is 24.6. The van der Waals surface area contributed by atoms with Crippen molar-refractivity contribution in [3.63, 3.8) is 0 Å².